The summed E-state index contributed by atoms with van der Waals surface area (Å²) in [7, 11) is 0. The summed E-state index contributed by atoms with van der Waals surface area (Å²) >= 11 is 0. The normalized spacial score (nSPS) is 10.5. The standard InChI is InChI=1S/C17H12O2/c18-16-9-7-13(8-10-17(16)19)15-6-5-12-3-1-2-4-14(12)11-15/h1-11H,(H,18,19). The molecule has 0 aromatic heterocycles. The molecule has 0 radical (unpaired) electrons. The van der Waals surface area contributed by atoms with Crippen molar-refractivity contribution in [3.63, 3.8) is 0 Å². The van der Waals surface area contributed by atoms with E-state index in [9.17, 15) is 9.90 Å². The van der Waals surface area contributed by atoms with Gasteiger partial charge in [-0.1, -0.05) is 48.5 Å². The molecule has 3 aromatic rings. The Morgan fingerprint density at radius 2 is 1.37 bits per heavy atom. The molecule has 0 heterocycles. The Bertz CT molecular complexity index is 807. The summed E-state index contributed by atoms with van der Waals surface area (Å²) in [5.74, 6) is -0.230. The van der Waals surface area contributed by atoms with Crippen LogP contribution in [0.4, 0.5) is 0 Å². The van der Waals surface area contributed by atoms with Gasteiger partial charge < -0.3 is 5.11 Å². The fraction of sp³-hybridized carbons (Fsp3) is 0. The minimum atomic E-state index is -0.368. The zero-order valence-electron chi connectivity index (χ0n) is 10.2. The maximum atomic E-state index is 11.4. The quantitative estimate of drug-likeness (QED) is 0.714. The highest BCUT2D eigenvalue weighted by Crippen LogP contribution is 2.24. The highest BCUT2D eigenvalue weighted by atomic mass is 16.3. The van der Waals surface area contributed by atoms with Gasteiger partial charge in [-0.2, -0.15) is 0 Å². The van der Waals surface area contributed by atoms with Crippen molar-refractivity contribution in [2.24, 2.45) is 0 Å². The van der Waals surface area contributed by atoms with Crippen LogP contribution in [0.1, 0.15) is 0 Å². The Hall–Kier alpha value is -2.61. The summed E-state index contributed by atoms with van der Waals surface area (Å²) in [5.41, 5.74) is 1.56. The van der Waals surface area contributed by atoms with Crippen molar-refractivity contribution >= 4 is 10.8 Å². The fourth-order valence-corrected chi connectivity index (χ4v) is 2.12. The van der Waals surface area contributed by atoms with Crippen LogP contribution in [0.25, 0.3) is 21.9 Å². The first kappa shape index (κ1) is 11.5. The van der Waals surface area contributed by atoms with Crippen LogP contribution in [0.5, 0.6) is 5.75 Å². The second-order valence-corrected chi connectivity index (χ2v) is 4.43. The molecule has 2 nitrogen and oxygen atoms in total. The van der Waals surface area contributed by atoms with Gasteiger partial charge in [-0.3, -0.25) is 4.79 Å². The number of aromatic hydroxyl groups is 1. The van der Waals surface area contributed by atoms with Crippen molar-refractivity contribution in [1.82, 2.24) is 0 Å². The molecule has 2 heteroatoms. The van der Waals surface area contributed by atoms with Crippen molar-refractivity contribution in [2.75, 3.05) is 0 Å². The number of benzene rings is 2. The van der Waals surface area contributed by atoms with Crippen LogP contribution in [0.15, 0.2) is 71.5 Å². The maximum absolute atomic E-state index is 11.4. The maximum Gasteiger partial charge on any atom is 0.220 e. The molecule has 1 N–H and O–H groups in total. The van der Waals surface area contributed by atoms with Gasteiger partial charge in [0.1, 0.15) is 0 Å². The molecule has 0 fully saturated rings. The van der Waals surface area contributed by atoms with Crippen LogP contribution >= 0.6 is 0 Å². The van der Waals surface area contributed by atoms with Gasteiger partial charge in [0.2, 0.25) is 5.43 Å². The Kier molecular flexibility index (Phi) is 2.76. The first-order valence-corrected chi connectivity index (χ1v) is 6.06. The Balaban J connectivity index is 2.19. The van der Waals surface area contributed by atoms with Crippen LogP contribution in [0, 0.1) is 0 Å². The fourth-order valence-electron chi connectivity index (χ4n) is 2.12. The summed E-state index contributed by atoms with van der Waals surface area (Å²) in [6.45, 7) is 0. The van der Waals surface area contributed by atoms with Gasteiger partial charge in [0.05, 0.1) is 0 Å². The Labute approximate surface area is 110 Å². The predicted molar refractivity (Wildman–Crippen MR) is 77.3 cm³/mol. The lowest BCUT2D eigenvalue weighted by Gasteiger charge is -2.02. The molecule has 92 valence electrons. The summed E-state index contributed by atoms with van der Waals surface area (Å²) in [4.78, 5) is 11.4. The molecule has 0 bridgehead atoms. The first-order valence-electron chi connectivity index (χ1n) is 6.06. The SMILES string of the molecule is O=c1ccc(-c2ccc3ccccc3c2)ccc1O. The van der Waals surface area contributed by atoms with Gasteiger partial charge in [0, 0.05) is 0 Å². The number of fused-ring (bicyclic) bond motifs is 1. The second kappa shape index (κ2) is 4.58. The molecule has 0 unspecified atom stereocenters. The number of hydrogen-bond acceptors (Lipinski definition) is 2. The smallest absolute Gasteiger partial charge is 0.220 e. The highest BCUT2D eigenvalue weighted by molar-refractivity contribution is 5.87. The molecule has 0 aliphatic carbocycles. The first-order chi connectivity index (χ1) is 9.24. The predicted octanol–water partition coefficient (Wildman–Crippen LogP) is 3.57. The summed E-state index contributed by atoms with van der Waals surface area (Å²) in [6.07, 6.45) is 0. The molecular weight excluding hydrogens is 236 g/mol. The highest BCUT2D eigenvalue weighted by Gasteiger charge is 2.00. The van der Waals surface area contributed by atoms with Crippen LogP contribution in [0.2, 0.25) is 0 Å². The molecule has 0 aliphatic rings. The van der Waals surface area contributed by atoms with Crippen LogP contribution < -0.4 is 5.43 Å². The third-order valence-corrected chi connectivity index (χ3v) is 3.17. The lowest BCUT2D eigenvalue weighted by Crippen LogP contribution is -1.91. The van der Waals surface area contributed by atoms with Crippen molar-refractivity contribution in [1.29, 1.82) is 0 Å². The van der Waals surface area contributed by atoms with E-state index in [1.165, 1.54) is 17.5 Å². The molecule has 0 saturated heterocycles. The molecule has 0 saturated carbocycles. The van der Waals surface area contributed by atoms with E-state index in [-0.39, 0.29) is 11.2 Å². The van der Waals surface area contributed by atoms with Gasteiger partial charge in [-0.25, -0.2) is 0 Å². The topological polar surface area (TPSA) is 37.3 Å². The van der Waals surface area contributed by atoms with E-state index in [1.807, 2.05) is 18.2 Å². The third kappa shape index (κ3) is 2.20. The van der Waals surface area contributed by atoms with E-state index >= 15 is 0 Å². The molecule has 0 atom stereocenters. The number of rotatable bonds is 1. The summed E-state index contributed by atoms with van der Waals surface area (Å²) in [5, 5.41) is 11.7. The Morgan fingerprint density at radius 3 is 2.21 bits per heavy atom. The molecule has 3 aromatic carbocycles. The van der Waals surface area contributed by atoms with Crippen molar-refractivity contribution in [2.45, 2.75) is 0 Å². The van der Waals surface area contributed by atoms with E-state index in [4.69, 9.17) is 0 Å². The van der Waals surface area contributed by atoms with E-state index in [1.54, 1.807) is 12.1 Å². The van der Waals surface area contributed by atoms with Gasteiger partial charge in [0.15, 0.2) is 5.75 Å². The van der Waals surface area contributed by atoms with Crippen LogP contribution in [-0.2, 0) is 0 Å². The molecule has 0 amide bonds. The van der Waals surface area contributed by atoms with Gasteiger partial charge in [0.25, 0.3) is 0 Å². The van der Waals surface area contributed by atoms with Gasteiger partial charge >= 0.3 is 0 Å². The largest absolute Gasteiger partial charge is 0.504 e. The Morgan fingerprint density at radius 1 is 0.684 bits per heavy atom. The number of hydrogen-bond donors (Lipinski definition) is 1. The minimum Gasteiger partial charge on any atom is -0.504 e. The van der Waals surface area contributed by atoms with Crippen molar-refractivity contribution in [3.8, 4) is 16.9 Å². The van der Waals surface area contributed by atoms with Crippen LogP contribution in [-0.4, -0.2) is 5.11 Å². The zero-order valence-corrected chi connectivity index (χ0v) is 10.2. The van der Waals surface area contributed by atoms with E-state index in [2.05, 4.69) is 24.3 Å². The molecule has 0 spiro atoms. The zero-order chi connectivity index (χ0) is 13.2. The average Bonchev–Trinajstić information content (AvgIpc) is 2.61. The molecule has 3 rings (SSSR count). The lowest BCUT2D eigenvalue weighted by atomic mass is 10.0. The van der Waals surface area contributed by atoms with E-state index in [0.717, 1.165) is 16.5 Å². The van der Waals surface area contributed by atoms with Gasteiger partial charge in [-0.05, 0) is 40.1 Å². The van der Waals surface area contributed by atoms with Crippen molar-refractivity contribution in [3.05, 3.63) is 77.0 Å². The van der Waals surface area contributed by atoms with E-state index in [0.29, 0.717) is 0 Å². The van der Waals surface area contributed by atoms with Gasteiger partial charge in [-0.15, -0.1) is 0 Å². The summed E-state index contributed by atoms with van der Waals surface area (Å²) in [6, 6.07) is 20.6. The second-order valence-electron chi connectivity index (χ2n) is 4.43. The third-order valence-electron chi connectivity index (χ3n) is 3.17. The van der Waals surface area contributed by atoms with Crippen LogP contribution in [0.3, 0.4) is 0 Å². The minimum absolute atomic E-state index is 0.230. The average molecular weight is 248 g/mol. The van der Waals surface area contributed by atoms with E-state index < -0.39 is 0 Å². The van der Waals surface area contributed by atoms with Crippen molar-refractivity contribution < 1.29 is 5.11 Å². The summed E-state index contributed by atoms with van der Waals surface area (Å²) < 4.78 is 0. The molecule has 19 heavy (non-hydrogen) atoms. The molecule has 0 aliphatic heterocycles. The monoisotopic (exact) mass is 248 g/mol. The molecular formula is C17H12O2. The lowest BCUT2D eigenvalue weighted by molar-refractivity contribution is 0.471.